The molecule has 2 heterocycles. The second kappa shape index (κ2) is 5.04. The molecule has 2 aromatic rings. The largest absolute Gasteiger partial charge is 0.466 e. The Labute approximate surface area is 130 Å². The number of nitrogens with zero attached hydrogens (tertiary/aromatic N) is 1. The SMILES string of the molecule is C[C@]1(c2ccco2)NC(=O)N(Cc2ccc(Br)cc2)C1=O. The lowest BCUT2D eigenvalue weighted by Gasteiger charge is -2.19. The van der Waals surface area contributed by atoms with Gasteiger partial charge in [0.1, 0.15) is 5.76 Å². The van der Waals surface area contributed by atoms with Gasteiger partial charge in [-0.1, -0.05) is 28.1 Å². The van der Waals surface area contributed by atoms with Crippen LogP contribution in [0.1, 0.15) is 18.2 Å². The molecule has 108 valence electrons. The first-order valence-electron chi connectivity index (χ1n) is 6.43. The van der Waals surface area contributed by atoms with Gasteiger partial charge in [-0.15, -0.1) is 0 Å². The molecule has 1 aliphatic heterocycles. The molecule has 0 aliphatic carbocycles. The Morgan fingerprint density at radius 3 is 2.57 bits per heavy atom. The number of furan rings is 1. The molecule has 0 radical (unpaired) electrons. The molecule has 1 N–H and O–H groups in total. The zero-order chi connectivity index (χ0) is 15.0. The van der Waals surface area contributed by atoms with Crippen molar-refractivity contribution in [3.63, 3.8) is 0 Å². The number of carbonyl (C=O) groups excluding carboxylic acids is 2. The fraction of sp³-hybridized carbons (Fsp3) is 0.200. The topological polar surface area (TPSA) is 62.6 Å². The van der Waals surface area contributed by atoms with E-state index in [2.05, 4.69) is 21.2 Å². The minimum atomic E-state index is -1.14. The summed E-state index contributed by atoms with van der Waals surface area (Å²) in [6, 6.07) is 10.4. The Morgan fingerprint density at radius 1 is 1.24 bits per heavy atom. The molecular weight excluding hydrogens is 336 g/mol. The van der Waals surface area contributed by atoms with Crippen molar-refractivity contribution in [3.8, 4) is 0 Å². The number of urea groups is 1. The van der Waals surface area contributed by atoms with Crippen LogP contribution >= 0.6 is 15.9 Å². The van der Waals surface area contributed by atoms with E-state index in [0.717, 1.165) is 10.0 Å². The van der Waals surface area contributed by atoms with Gasteiger partial charge in [-0.2, -0.15) is 0 Å². The van der Waals surface area contributed by atoms with Crippen LogP contribution in [0.3, 0.4) is 0 Å². The number of benzene rings is 1. The minimum absolute atomic E-state index is 0.230. The summed E-state index contributed by atoms with van der Waals surface area (Å²) in [7, 11) is 0. The maximum absolute atomic E-state index is 12.6. The van der Waals surface area contributed by atoms with Crippen molar-refractivity contribution in [2.24, 2.45) is 0 Å². The fourth-order valence-electron chi connectivity index (χ4n) is 2.34. The summed E-state index contributed by atoms with van der Waals surface area (Å²) >= 11 is 3.35. The monoisotopic (exact) mass is 348 g/mol. The lowest BCUT2D eigenvalue weighted by Crippen LogP contribution is -2.40. The molecule has 0 spiro atoms. The summed E-state index contributed by atoms with van der Waals surface area (Å²) in [6.07, 6.45) is 1.48. The van der Waals surface area contributed by atoms with Crippen molar-refractivity contribution < 1.29 is 14.0 Å². The lowest BCUT2D eigenvalue weighted by atomic mass is 9.99. The van der Waals surface area contributed by atoms with E-state index in [1.807, 2.05) is 24.3 Å². The van der Waals surface area contributed by atoms with Gasteiger partial charge in [-0.25, -0.2) is 4.79 Å². The fourth-order valence-corrected chi connectivity index (χ4v) is 2.61. The molecule has 1 saturated heterocycles. The molecule has 21 heavy (non-hydrogen) atoms. The molecule has 5 nitrogen and oxygen atoms in total. The third-order valence-corrected chi connectivity index (χ3v) is 4.07. The Morgan fingerprint density at radius 2 is 1.95 bits per heavy atom. The number of rotatable bonds is 3. The highest BCUT2D eigenvalue weighted by molar-refractivity contribution is 9.10. The Bertz CT molecular complexity index is 681. The first-order chi connectivity index (χ1) is 10.0. The number of imide groups is 1. The van der Waals surface area contributed by atoms with E-state index in [9.17, 15) is 9.59 Å². The van der Waals surface area contributed by atoms with Crippen molar-refractivity contribution in [3.05, 3.63) is 58.5 Å². The highest BCUT2D eigenvalue weighted by Gasteiger charge is 2.50. The van der Waals surface area contributed by atoms with Crippen molar-refractivity contribution in [1.82, 2.24) is 10.2 Å². The number of amides is 3. The van der Waals surface area contributed by atoms with Gasteiger partial charge >= 0.3 is 6.03 Å². The van der Waals surface area contributed by atoms with Crippen LogP contribution in [0.2, 0.25) is 0 Å². The van der Waals surface area contributed by atoms with Crippen LogP contribution in [-0.2, 0) is 16.9 Å². The minimum Gasteiger partial charge on any atom is -0.466 e. The maximum atomic E-state index is 12.6. The molecule has 1 fully saturated rings. The Kier molecular flexibility index (Phi) is 3.33. The van der Waals surface area contributed by atoms with Gasteiger partial charge in [0.05, 0.1) is 12.8 Å². The molecule has 0 saturated carbocycles. The van der Waals surface area contributed by atoms with Crippen LogP contribution in [-0.4, -0.2) is 16.8 Å². The van der Waals surface area contributed by atoms with Crippen LogP contribution in [0.25, 0.3) is 0 Å². The van der Waals surface area contributed by atoms with E-state index in [1.165, 1.54) is 11.2 Å². The second-order valence-corrected chi connectivity index (χ2v) is 5.97. The number of hydrogen-bond donors (Lipinski definition) is 1. The maximum Gasteiger partial charge on any atom is 0.325 e. The van der Waals surface area contributed by atoms with Crippen LogP contribution in [0.5, 0.6) is 0 Å². The zero-order valence-electron chi connectivity index (χ0n) is 11.3. The number of nitrogens with one attached hydrogen (secondary N) is 1. The molecule has 0 bridgehead atoms. The first-order valence-corrected chi connectivity index (χ1v) is 7.22. The van der Waals surface area contributed by atoms with Gasteiger partial charge in [-0.05, 0) is 36.8 Å². The van der Waals surface area contributed by atoms with Gasteiger partial charge in [0.2, 0.25) is 0 Å². The van der Waals surface area contributed by atoms with Crippen molar-refractivity contribution >= 4 is 27.9 Å². The van der Waals surface area contributed by atoms with Crippen LogP contribution in [0.15, 0.2) is 51.6 Å². The predicted molar refractivity (Wildman–Crippen MR) is 79.3 cm³/mol. The molecule has 3 rings (SSSR count). The number of hydrogen-bond acceptors (Lipinski definition) is 3. The average Bonchev–Trinajstić information content (AvgIpc) is 3.06. The molecular formula is C15H13BrN2O3. The van der Waals surface area contributed by atoms with Crippen molar-refractivity contribution in [1.29, 1.82) is 0 Å². The standard InChI is InChI=1S/C15H13BrN2O3/c1-15(12-3-2-8-21-12)13(19)18(14(20)17-15)9-10-4-6-11(16)7-5-10/h2-8H,9H2,1H3,(H,17,20)/t15-/m1/s1. The summed E-state index contributed by atoms with van der Waals surface area (Å²) in [5, 5.41) is 2.70. The molecule has 6 heteroatoms. The molecule has 3 amide bonds. The van der Waals surface area contributed by atoms with Crippen molar-refractivity contribution in [2.45, 2.75) is 19.0 Å². The highest BCUT2D eigenvalue weighted by atomic mass is 79.9. The van der Waals surface area contributed by atoms with Crippen LogP contribution < -0.4 is 5.32 Å². The zero-order valence-corrected chi connectivity index (χ0v) is 12.9. The van der Waals surface area contributed by atoms with E-state index in [-0.39, 0.29) is 12.5 Å². The molecule has 0 unspecified atom stereocenters. The summed E-state index contributed by atoms with van der Waals surface area (Å²) in [5.74, 6) is 0.115. The van der Waals surface area contributed by atoms with E-state index < -0.39 is 11.6 Å². The van der Waals surface area contributed by atoms with Gasteiger partial charge in [0.15, 0.2) is 5.54 Å². The molecule has 1 aromatic heterocycles. The van der Waals surface area contributed by atoms with Gasteiger partial charge in [-0.3, -0.25) is 9.69 Å². The summed E-state index contributed by atoms with van der Waals surface area (Å²) < 4.78 is 6.23. The van der Waals surface area contributed by atoms with Gasteiger partial charge in [0, 0.05) is 4.47 Å². The smallest absolute Gasteiger partial charge is 0.325 e. The number of carbonyl (C=O) groups is 2. The van der Waals surface area contributed by atoms with Crippen LogP contribution in [0.4, 0.5) is 4.79 Å². The van der Waals surface area contributed by atoms with Crippen LogP contribution in [0, 0.1) is 0 Å². The first kappa shape index (κ1) is 13.9. The number of halogens is 1. The van der Waals surface area contributed by atoms with E-state index in [1.54, 1.807) is 19.1 Å². The van der Waals surface area contributed by atoms with Gasteiger partial charge < -0.3 is 9.73 Å². The van der Waals surface area contributed by atoms with Gasteiger partial charge in [0.25, 0.3) is 5.91 Å². The summed E-state index contributed by atoms with van der Waals surface area (Å²) in [5.41, 5.74) is -0.263. The average molecular weight is 349 g/mol. The molecule has 1 aliphatic rings. The van der Waals surface area contributed by atoms with E-state index in [4.69, 9.17) is 4.42 Å². The van der Waals surface area contributed by atoms with E-state index >= 15 is 0 Å². The van der Waals surface area contributed by atoms with E-state index in [0.29, 0.717) is 5.76 Å². The quantitative estimate of drug-likeness (QED) is 0.867. The lowest BCUT2D eigenvalue weighted by molar-refractivity contribution is -0.132. The third kappa shape index (κ3) is 2.35. The Balaban J connectivity index is 1.86. The highest BCUT2D eigenvalue weighted by Crippen LogP contribution is 2.30. The molecule has 1 aromatic carbocycles. The second-order valence-electron chi connectivity index (χ2n) is 5.05. The summed E-state index contributed by atoms with van der Waals surface area (Å²) in [4.78, 5) is 25.9. The summed E-state index contributed by atoms with van der Waals surface area (Å²) in [6.45, 7) is 1.88. The third-order valence-electron chi connectivity index (χ3n) is 3.54. The molecule has 1 atom stereocenters. The normalized spacial score (nSPS) is 21.7. The van der Waals surface area contributed by atoms with Crippen molar-refractivity contribution in [2.75, 3.05) is 0 Å². The Hall–Kier alpha value is -2.08. The predicted octanol–water partition coefficient (Wildman–Crippen LogP) is 3.01.